The lowest BCUT2D eigenvalue weighted by molar-refractivity contribution is -0.146. The smallest absolute Gasteiger partial charge is 0.408 e. The Kier molecular flexibility index (Phi) is 9.72. The van der Waals surface area contributed by atoms with Crippen molar-refractivity contribution in [2.24, 2.45) is 5.92 Å². The summed E-state index contributed by atoms with van der Waals surface area (Å²) in [5.41, 5.74) is 0. The maximum absolute atomic E-state index is 11.2. The van der Waals surface area contributed by atoms with E-state index in [-0.39, 0.29) is 5.92 Å². The van der Waals surface area contributed by atoms with Gasteiger partial charge in [0.2, 0.25) is 6.10 Å². The van der Waals surface area contributed by atoms with Crippen LogP contribution in [0.4, 0.5) is 4.79 Å². The normalized spacial score (nSPS) is 21.7. The van der Waals surface area contributed by atoms with Crippen molar-refractivity contribution in [2.45, 2.75) is 96.6 Å². The van der Waals surface area contributed by atoms with Crippen LogP contribution in [0.15, 0.2) is 0 Å². The SMILES string of the molecule is CCCCCCCCCCCC[C@H](C)[C@H]1NC(=O)O[C@H]1C(=O)O. The van der Waals surface area contributed by atoms with Crippen molar-refractivity contribution >= 4 is 12.1 Å². The summed E-state index contributed by atoms with van der Waals surface area (Å²) in [6.45, 7) is 4.23. The molecule has 5 nitrogen and oxygen atoms in total. The van der Waals surface area contributed by atoms with E-state index in [2.05, 4.69) is 12.2 Å². The molecule has 0 unspecified atom stereocenters. The van der Waals surface area contributed by atoms with Crippen LogP contribution < -0.4 is 5.32 Å². The zero-order valence-electron chi connectivity index (χ0n) is 14.7. The van der Waals surface area contributed by atoms with Gasteiger partial charge in [-0.05, 0) is 12.3 Å². The van der Waals surface area contributed by atoms with Gasteiger partial charge in [0.05, 0.1) is 6.04 Å². The third-order valence-corrected chi connectivity index (χ3v) is 4.71. The Labute approximate surface area is 140 Å². The summed E-state index contributed by atoms with van der Waals surface area (Å²) in [5.74, 6) is -0.945. The average molecular weight is 327 g/mol. The van der Waals surface area contributed by atoms with Gasteiger partial charge in [-0.2, -0.15) is 0 Å². The molecule has 134 valence electrons. The number of carboxylic acids is 1. The topological polar surface area (TPSA) is 75.6 Å². The minimum atomic E-state index is -1.07. The first-order valence-corrected chi connectivity index (χ1v) is 9.26. The molecule has 1 aliphatic heterocycles. The Morgan fingerprint density at radius 3 is 2.13 bits per heavy atom. The van der Waals surface area contributed by atoms with Gasteiger partial charge >= 0.3 is 12.1 Å². The van der Waals surface area contributed by atoms with Crippen molar-refractivity contribution in [3.8, 4) is 0 Å². The molecule has 5 heteroatoms. The number of carboxylic acid groups (broad SMARTS) is 1. The molecule has 0 aliphatic carbocycles. The number of carbonyl (C=O) groups is 2. The summed E-state index contributed by atoms with van der Waals surface area (Å²) >= 11 is 0. The highest BCUT2D eigenvalue weighted by Gasteiger charge is 2.42. The monoisotopic (exact) mass is 327 g/mol. The maximum atomic E-state index is 11.2. The lowest BCUT2D eigenvalue weighted by atomic mass is 9.91. The van der Waals surface area contributed by atoms with E-state index in [4.69, 9.17) is 9.84 Å². The van der Waals surface area contributed by atoms with Crippen LogP contribution in [0.5, 0.6) is 0 Å². The van der Waals surface area contributed by atoms with Gasteiger partial charge in [-0.1, -0.05) is 78.1 Å². The standard InChI is InChI=1S/C18H33NO4/c1-3-4-5-6-7-8-9-10-11-12-13-14(2)15-16(17(20)21)23-18(22)19-15/h14-16H,3-13H2,1-2H3,(H,19,22)(H,20,21)/t14-,15+,16+/m0/s1. The summed E-state index contributed by atoms with van der Waals surface area (Å²) in [7, 11) is 0. The van der Waals surface area contributed by atoms with Crippen molar-refractivity contribution in [1.29, 1.82) is 0 Å². The highest BCUT2D eigenvalue weighted by atomic mass is 16.6. The third kappa shape index (κ3) is 7.71. The van der Waals surface area contributed by atoms with Gasteiger partial charge in [-0.3, -0.25) is 0 Å². The molecule has 23 heavy (non-hydrogen) atoms. The molecule has 0 spiro atoms. The van der Waals surface area contributed by atoms with Gasteiger partial charge < -0.3 is 15.2 Å². The number of cyclic esters (lactones) is 1. The molecule has 1 rings (SSSR count). The van der Waals surface area contributed by atoms with Crippen LogP contribution in [0.3, 0.4) is 0 Å². The molecule has 0 aromatic carbocycles. The highest BCUT2D eigenvalue weighted by Crippen LogP contribution is 2.22. The van der Waals surface area contributed by atoms with E-state index in [9.17, 15) is 9.59 Å². The van der Waals surface area contributed by atoms with Gasteiger partial charge in [0.1, 0.15) is 0 Å². The number of aliphatic carboxylic acids is 1. The van der Waals surface area contributed by atoms with Crippen LogP contribution in [0.1, 0.15) is 84.5 Å². The number of hydrogen-bond acceptors (Lipinski definition) is 3. The molecule has 0 saturated carbocycles. The number of amides is 1. The van der Waals surface area contributed by atoms with E-state index in [0.717, 1.165) is 12.8 Å². The average Bonchev–Trinajstić information content (AvgIpc) is 2.91. The molecule has 1 amide bonds. The van der Waals surface area contributed by atoms with Gasteiger partial charge in [-0.15, -0.1) is 0 Å². The number of rotatable bonds is 13. The summed E-state index contributed by atoms with van der Waals surface area (Å²) in [6, 6.07) is -0.404. The number of carbonyl (C=O) groups excluding carboxylic acids is 1. The van der Waals surface area contributed by atoms with Crippen molar-refractivity contribution in [2.75, 3.05) is 0 Å². The number of alkyl carbamates (subject to hydrolysis) is 1. The fourth-order valence-corrected chi connectivity index (χ4v) is 3.21. The molecule has 1 fully saturated rings. The quantitative estimate of drug-likeness (QED) is 0.488. The van der Waals surface area contributed by atoms with Gasteiger partial charge in [0.25, 0.3) is 0 Å². The van der Waals surface area contributed by atoms with E-state index >= 15 is 0 Å². The third-order valence-electron chi connectivity index (χ3n) is 4.71. The van der Waals surface area contributed by atoms with Crippen molar-refractivity contribution < 1.29 is 19.4 Å². The van der Waals surface area contributed by atoms with Gasteiger partial charge in [0.15, 0.2) is 0 Å². The molecule has 3 atom stereocenters. The van der Waals surface area contributed by atoms with Gasteiger partial charge in [0, 0.05) is 0 Å². The Morgan fingerprint density at radius 2 is 1.61 bits per heavy atom. The van der Waals surface area contributed by atoms with Crippen molar-refractivity contribution in [1.82, 2.24) is 5.32 Å². The van der Waals surface area contributed by atoms with Gasteiger partial charge in [-0.25, -0.2) is 9.59 Å². The second-order valence-corrected chi connectivity index (χ2v) is 6.78. The van der Waals surface area contributed by atoms with Crippen LogP contribution in [-0.4, -0.2) is 29.3 Å². The lowest BCUT2D eigenvalue weighted by Crippen LogP contribution is -2.41. The van der Waals surface area contributed by atoms with Crippen LogP contribution in [-0.2, 0) is 9.53 Å². The van der Waals surface area contributed by atoms with E-state index in [1.54, 1.807) is 0 Å². The predicted octanol–water partition coefficient (Wildman–Crippen LogP) is 4.50. The minimum Gasteiger partial charge on any atom is -0.478 e. The first kappa shape index (κ1) is 19.8. The molecule has 2 N–H and O–H groups in total. The van der Waals surface area contributed by atoms with Crippen molar-refractivity contribution in [3.63, 3.8) is 0 Å². The first-order valence-electron chi connectivity index (χ1n) is 9.26. The highest BCUT2D eigenvalue weighted by molar-refractivity contribution is 5.82. The summed E-state index contributed by atoms with van der Waals surface area (Å²) in [5, 5.41) is 11.7. The zero-order valence-corrected chi connectivity index (χ0v) is 14.7. The fourth-order valence-electron chi connectivity index (χ4n) is 3.21. The zero-order chi connectivity index (χ0) is 17.1. The Hall–Kier alpha value is -1.26. The second-order valence-electron chi connectivity index (χ2n) is 6.78. The van der Waals surface area contributed by atoms with Crippen molar-refractivity contribution in [3.05, 3.63) is 0 Å². The molecule has 1 aliphatic rings. The molecule has 1 heterocycles. The summed E-state index contributed by atoms with van der Waals surface area (Å²) in [4.78, 5) is 22.3. The minimum absolute atomic E-state index is 0.122. The Morgan fingerprint density at radius 1 is 1.09 bits per heavy atom. The first-order chi connectivity index (χ1) is 11.1. The van der Waals surface area contributed by atoms with Crippen LogP contribution >= 0.6 is 0 Å². The lowest BCUT2D eigenvalue weighted by Gasteiger charge is -2.20. The van der Waals surface area contributed by atoms with E-state index in [0.29, 0.717) is 0 Å². The van der Waals surface area contributed by atoms with E-state index in [1.807, 2.05) is 6.92 Å². The second kappa shape index (κ2) is 11.3. The Balaban J connectivity index is 2.04. The Bertz CT molecular complexity index is 359. The molecule has 1 saturated heterocycles. The maximum Gasteiger partial charge on any atom is 0.408 e. The fraction of sp³-hybridized carbons (Fsp3) is 0.889. The molecule has 0 radical (unpaired) electrons. The summed E-state index contributed by atoms with van der Waals surface area (Å²) in [6.07, 6.45) is 12.1. The largest absolute Gasteiger partial charge is 0.478 e. The summed E-state index contributed by atoms with van der Waals surface area (Å²) < 4.78 is 4.81. The molecular weight excluding hydrogens is 294 g/mol. The van der Waals surface area contributed by atoms with E-state index in [1.165, 1.54) is 57.8 Å². The number of ether oxygens (including phenoxy) is 1. The number of hydrogen-bond donors (Lipinski definition) is 2. The molecular formula is C18H33NO4. The van der Waals surface area contributed by atoms with E-state index < -0.39 is 24.2 Å². The van der Waals surface area contributed by atoms with Crippen LogP contribution in [0, 0.1) is 5.92 Å². The number of nitrogens with one attached hydrogen (secondary N) is 1. The van der Waals surface area contributed by atoms with Crippen LogP contribution in [0.25, 0.3) is 0 Å². The number of unbranched alkanes of at least 4 members (excludes halogenated alkanes) is 9. The van der Waals surface area contributed by atoms with Crippen LogP contribution in [0.2, 0.25) is 0 Å². The predicted molar refractivity (Wildman–Crippen MR) is 90.5 cm³/mol. The molecule has 0 bridgehead atoms. The molecule has 0 aromatic heterocycles. The molecule has 0 aromatic rings.